The summed E-state index contributed by atoms with van der Waals surface area (Å²) in [5.41, 5.74) is 0.728. The number of sulfone groups is 1. The highest BCUT2D eigenvalue weighted by Gasteiger charge is 2.33. The Morgan fingerprint density at radius 3 is 2.42 bits per heavy atom. The van der Waals surface area contributed by atoms with E-state index >= 15 is 0 Å². The number of benzene rings is 3. The van der Waals surface area contributed by atoms with Gasteiger partial charge in [0, 0.05) is 25.7 Å². The molecule has 1 aliphatic heterocycles. The van der Waals surface area contributed by atoms with Crippen LogP contribution in [0.3, 0.4) is 0 Å². The van der Waals surface area contributed by atoms with Crippen LogP contribution < -0.4 is 14.4 Å². The number of para-hydroxylation sites is 1. The summed E-state index contributed by atoms with van der Waals surface area (Å²) < 4.78 is 44.5. The number of anilines is 1. The number of nitro benzene ring substituents is 1. The van der Waals surface area contributed by atoms with Crippen LogP contribution in [-0.2, 0) is 16.4 Å². The van der Waals surface area contributed by atoms with Gasteiger partial charge >= 0.3 is 0 Å². The number of hydrogen-bond acceptors (Lipinski definition) is 9. The Morgan fingerprint density at radius 1 is 0.972 bits per heavy atom. The third kappa shape index (κ3) is 4.36. The molecule has 0 fully saturated rings. The van der Waals surface area contributed by atoms with Crippen LogP contribution in [0.25, 0.3) is 11.5 Å². The van der Waals surface area contributed by atoms with E-state index in [2.05, 4.69) is 4.98 Å². The second-order valence-corrected chi connectivity index (χ2v) is 9.92. The number of aromatic nitrogens is 1. The molecule has 1 aromatic heterocycles. The molecule has 4 aromatic rings. The molecule has 0 spiro atoms. The summed E-state index contributed by atoms with van der Waals surface area (Å²) in [5.74, 6) is 0.543. The molecule has 0 atom stereocenters. The average Bonchev–Trinajstić information content (AvgIpc) is 3.36. The van der Waals surface area contributed by atoms with Crippen molar-refractivity contribution in [1.29, 1.82) is 0 Å². The standard InChI is InChI=1S/C25H21N3O7S/c1-27(16-17-7-3-2-4-8-17)25-24(26-23(35-25)19-9-5-6-10-20(19)28(29)30)36(31,32)18-11-12-21-22(15-18)34-14-13-33-21/h2-12,15H,13-14,16H2,1H3. The van der Waals surface area contributed by atoms with Crippen LogP contribution in [0.5, 0.6) is 11.5 Å². The lowest BCUT2D eigenvalue weighted by atomic mass is 10.2. The van der Waals surface area contributed by atoms with Gasteiger partial charge in [-0.15, -0.1) is 0 Å². The fraction of sp³-hybridized carbons (Fsp3) is 0.160. The molecule has 0 unspecified atom stereocenters. The average molecular weight is 508 g/mol. The fourth-order valence-electron chi connectivity index (χ4n) is 3.87. The summed E-state index contributed by atoms with van der Waals surface area (Å²) in [6.45, 7) is 0.986. The van der Waals surface area contributed by atoms with Gasteiger partial charge in [0.25, 0.3) is 5.69 Å². The molecule has 0 bridgehead atoms. The SMILES string of the molecule is CN(Cc1ccccc1)c1oc(-c2ccccc2[N+](=O)[O-])nc1S(=O)(=O)c1ccc2c(c1)OCCO2. The molecular formula is C25H21N3O7S. The second-order valence-electron chi connectivity index (χ2n) is 8.05. The van der Waals surface area contributed by atoms with E-state index in [0.717, 1.165) is 5.56 Å². The summed E-state index contributed by atoms with van der Waals surface area (Å²) in [6.07, 6.45) is 0. The Kier molecular flexibility index (Phi) is 6.06. The van der Waals surface area contributed by atoms with E-state index in [9.17, 15) is 18.5 Å². The molecule has 0 N–H and O–H groups in total. The summed E-state index contributed by atoms with van der Waals surface area (Å²) in [4.78, 5) is 16.8. The van der Waals surface area contributed by atoms with E-state index in [-0.39, 0.29) is 32.9 Å². The molecule has 1 aliphatic rings. The lowest BCUT2D eigenvalue weighted by Gasteiger charge is -2.19. The van der Waals surface area contributed by atoms with E-state index < -0.39 is 14.8 Å². The number of hydrogen-bond donors (Lipinski definition) is 0. The lowest BCUT2D eigenvalue weighted by Crippen LogP contribution is -2.19. The van der Waals surface area contributed by atoms with Crippen molar-refractivity contribution in [2.75, 3.05) is 25.2 Å². The lowest BCUT2D eigenvalue weighted by molar-refractivity contribution is -0.384. The minimum Gasteiger partial charge on any atom is -0.486 e. The Hall–Kier alpha value is -4.38. The first kappa shape index (κ1) is 23.4. The van der Waals surface area contributed by atoms with Crippen molar-refractivity contribution >= 4 is 21.4 Å². The Morgan fingerprint density at radius 2 is 1.67 bits per heavy atom. The van der Waals surface area contributed by atoms with Crippen LogP contribution in [0.15, 0.2) is 87.1 Å². The Balaban J connectivity index is 1.64. The fourth-order valence-corrected chi connectivity index (χ4v) is 5.24. The van der Waals surface area contributed by atoms with E-state index in [0.29, 0.717) is 31.3 Å². The van der Waals surface area contributed by atoms with Crippen molar-refractivity contribution in [1.82, 2.24) is 4.98 Å². The minimum atomic E-state index is -4.21. The van der Waals surface area contributed by atoms with Gasteiger partial charge in [-0.2, -0.15) is 4.98 Å². The van der Waals surface area contributed by atoms with Gasteiger partial charge in [-0.1, -0.05) is 42.5 Å². The summed E-state index contributed by atoms with van der Waals surface area (Å²) >= 11 is 0. The molecule has 0 amide bonds. The quantitative estimate of drug-likeness (QED) is 0.263. The molecule has 5 rings (SSSR count). The van der Waals surface area contributed by atoms with Crippen molar-refractivity contribution in [3.8, 4) is 23.0 Å². The van der Waals surface area contributed by atoms with E-state index in [4.69, 9.17) is 13.9 Å². The second kappa shape index (κ2) is 9.34. The normalized spacial score (nSPS) is 12.8. The summed E-state index contributed by atoms with van der Waals surface area (Å²) in [5, 5.41) is 11.2. The summed E-state index contributed by atoms with van der Waals surface area (Å²) in [6, 6.07) is 19.6. The van der Waals surface area contributed by atoms with Crippen LogP contribution >= 0.6 is 0 Å². The van der Waals surface area contributed by atoms with Crippen LogP contribution in [0.2, 0.25) is 0 Å². The molecular weight excluding hydrogens is 486 g/mol. The molecule has 11 heteroatoms. The number of rotatable bonds is 7. The highest BCUT2D eigenvalue weighted by atomic mass is 32.2. The minimum absolute atomic E-state index is 0.0399. The highest BCUT2D eigenvalue weighted by molar-refractivity contribution is 7.91. The number of nitrogens with zero attached hydrogens (tertiary/aromatic N) is 3. The van der Waals surface area contributed by atoms with Crippen molar-refractivity contribution in [3.63, 3.8) is 0 Å². The smallest absolute Gasteiger partial charge is 0.282 e. The zero-order valence-electron chi connectivity index (χ0n) is 19.2. The van der Waals surface area contributed by atoms with Crippen molar-refractivity contribution < 1.29 is 27.2 Å². The molecule has 36 heavy (non-hydrogen) atoms. The Bertz CT molecular complexity index is 1530. The molecule has 3 aromatic carbocycles. The third-order valence-corrected chi connectivity index (χ3v) is 7.25. The van der Waals surface area contributed by atoms with Gasteiger partial charge < -0.3 is 18.8 Å². The Labute approximate surface area is 206 Å². The van der Waals surface area contributed by atoms with Gasteiger partial charge in [-0.3, -0.25) is 10.1 Å². The van der Waals surface area contributed by atoms with Gasteiger partial charge in [0.05, 0.1) is 9.82 Å². The number of oxazole rings is 1. The first-order valence-corrected chi connectivity index (χ1v) is 12.5. The van der Waals surface area contributed by atoms with Gasteiger partial charge in [0.1, 0.15) is 18.8 Å². The van der Waals surface area contributed by atoms with Crippen LogP contribution in [0.4, 0.5) is 11.6 Å². The molecule has 0 aliphatic carbocycles. The number of nitro groups is 1. The van der Waals surface area contributed by atoms with Crippen LogP contribution in [0.1, 0.15) is 5.56 Å². The van der Waals surface area contributed by atoms with Crippen molar-refractivity contribution in [3.05, 3.63) is 88.5 Å². The van der Waals surface area contributed by atoms with E-state index in [1.165, 1.54) is 36.4 Å². The predicted molar refractivity (Wildman–Crippen MR) is 130 cm³/mol. The van der Waals surface area contributed by atoms with Crippen molar-refractivity contribution in [2.45, 2.75) is 16.5 Å². The monoisotopic (exact) mass is 507 g/mol. The molecule has 2 heterocycles. The molecule has 184 valence electrons. The van der Waals surface area contributed by atoms with E-state index in [1.807, 2.05) is 30.3 Å². The van der Waals surface area contributed by atoms with Crippen LogP contribution in [0, 0.1) is 10.1 Å². The number of fused-ring (bicyclic) bond motifs is 1. The maximum absolute atomic E-state index is 13.8. The maximum Gasteiger partial charge on any atom is 0.282 e. The molecule has 10 nitrogen and oxygen atoms in total. The van der Waals surface area contributed by atoms with E-state index in [1.54, 1.807) is 18.0 Å². The maximum atomic E-state index is 13.8. The van der Waals surface area contributed by atoms with Gasteiger partial charge in [-0.25, -0.2) is 8.42 Å². The largest absolute Gasteiger partial charge is 0.486 e. The number of ether oxygens (including phenoxy) is 2. The zero-order valence-corrected chi connectivity index (χ0v) is 20.0. The third-order valence-electron chi connectivity index (χ3n) is 5.60. The predicted octanol–water partition coefficient (Wildman–Crippen LogP) is 4.49. The zero-order chi connectivity index (χ0) is 25.3. The first-order valence-electron chi connectivity index (χ1n) is 11.0. The van der Waals surface area contributed by atoms with Gasteiger partial charge in [0.2, 0.25) is 26.6 Å². The topological polar surface area (TPSA) is 125 Å². The first-order chi connectivity index (χ1) is 17.3. The molecule has 0 radical (unpaired) electrons. The molecule has 0 saturated carbocycles. The van der Waals surface area contributed by atoms with Crippen LogP contribution in [-0.4, -0.2) is 38.6 Å². The summed E-state index contributed by atoms with van der Waals surface area (Å²) in [7, 11) is -2.55. The van der Waals surface area contributed by atoms with Crippen molar-refractivity contribution in [2.24, 2.45) is 0 Å². The highest BCUT2D eigenvalue weighted by Crippen LogP contribution is 2.39. The van der Waals surface area contributed by atoms with Gasteiger partial charge in [0.15, 0.2) is 11.5 Å². The van der Waals surface area contributed by atoms with Gasteiger partial charge in [-0.05, 0) is 23.8 Å². The molecule has 0 saturated heterocycles.